The van der Waals surface area contributed by atoms with Gasteiger partial charge in [0.2, 0.25) is 5.91 Å². The largest absolute Gasteiger partial charge is 0.370 e. The Morgan fingerprint density at radius 3 is 2.82 bits per heavy atom. The van der Waals surface area contributed by atoms with Gasteiger partial charge in [-0.15, -0.1) is 0 Å². The number of amides is 1. The summed E-state index contributed by atoms with van der Waals surface area (Å²) in [6.07, 6.45) is 1.24. The van der Waals surface area contributed by atoms with E-state index in [4.69, 9.17) is 5.73 Å². The molecule has 0 aromatic heterocycles. The van der Waals surface area contributed by atoms with Crippen LogP contribution < -0.4 is 5.73 Å². The molecule has 0 unspecified atom stereocenters. The molecule has 1 aromatic rings. The second-order valence-corrected chi connectivity index (χ2v) is 4.13. The van der Waals surface area contributed by atoms with E-state index in [2.05, 4.69) is 22.0 Å². The van der Waals surface area contributed by atoms with Crippen molar-refractivity contribution < 1.29 is 4.79 Å². The van der Waals surface area contributed by atoms with Crippen molar-refractivity contribution in [1.82, 2.24) is 4.90 Å². The molecule has 0 radical (unpaired) electrons. The van der Waals surface area contributed by atoms with Crippen LogP contribution >= 0.6 is 0 Å². The van der Waals surface area contributed by atoms with Gasteiger partial charge in [-0.3, -0.25) is 9.79 Å². The number of aliphatic imine (C=N–C) groups is 1. The lowest BCUT2D eigenvalue weighted by atomic mass is 10.2. The SMILES string of the molecule is NC(=O)CCCN1CCN=C1c1ccccc1. The van der Waals surface area contributed by atoms with E-state index in [0.717, 1.165) is 37.5 Å². The molecule has 0 atom stereocenters. The van der Waals surface area contributed by atoms with Crippen LogP contribution in [-0.2, 0) is 4.79 Å². The van der Waals surface area contributed by atoms with E-state index in [1.807, 2.05) is 18.2 Å². The molecule has 90 valence electrons. The maximum absolute atomic E-state index is 10.7. The number of rotatable bonds is 5. The summed E-state index contributed by atoms with van der Waals surface area (Å²) in [4.78, 5) is 17.4. The summed E-state index contributed by atoms with van der Waals surface area (Å²) in [6.45, 7) is 2.61. The van der Waals surface area contributed by atoms with Gasteiger partial charge >= 0.3 is 0 Å². The molecule has 0 aliphatic carbocycles. The molecule has 4 nitrogen and oxygen atoms in total. The number of carbonyl (C=O) groups is 1. The van der Waals surface area contributed by atoms with Crippen molar-refractivity contribution in [2.45, 2.75) is 12.8 Å². The first-order chi connectivity index (χ1) is 8.27. The van der Waals surface area contributed by atoms with Gasteiger partial charge in [0.1, 0.15) is 5.84 Å². The van der Waals surface area contributed by atoms with Crippen molar-refractivity contribution in [2.75, 3.05) is 19.6 Å². The third-order valence-corrected chi connectivity index (χ3v) is 2.81. The van der Waals surface area contributed by atoms with Crippen LogP contribution in [0.4, 0.5) is 0 Å². The summed E-state index contributed by atoms with van der Waals surface area (Å²) >= 11 is 0. The van der Waals surface area contributed by atoms with Crippen molar-refractivity contribution in [3.63, 3.8) is 0 Å². The molecule has 17 heavy (non-hydrogen) atoms. The minimum absolute atomic E-state index is 0.234. The number of hydrogen-bond donors (Lipinski definition) is 1. The number of amidine groups is 1. The monoisotopic (exact) mass is 231 g/mol. The van der Waals surface area contributed by atoms with Crippen molar-refractivity contribution in [2.24, 2.45) is 10.7 Å². The summed E-state index contributed by atoms with van der Waals surface area (Å²) in [5.74, 6) is 0.803. The van der Waals surface area contributed by atoms with E-state index >= 15 is 0 Å². The normalized spacial score (nSPS) is 14.8. The Morgan fingerprint density at radius 1 is 1.35 bits per heavy atom. The smallest absolute Gasteiger partial charge is 0.217 e. The van der Waals surface area contributed by atoms with E-state index in [9.17, 15) is 4.79 Å². The summed E-state index contributed by atoms with van der Waals surface area (Å²) in [5, 5.41) is 0. The first-order valence-electron chi connectivity index (χ1n) is 5.90. The Balaban J connectivity index is 1.96. The van der Waals surface area contributed by atoms with Crippen LogP contribution in [0, 0.1) is 0 Å². The third kappa shape index (κ3) is 3.06. The summed E-state index contributed by atoms with van der Waals surface area (Å²) in [6, 6.07) is 10.1. The number of nitrogens with zero attached hydrogens (tertiary/aromatic N) is 2. The predicted octanol–water partition coefficient (Wildman–Crippen LogP) is 1.01. The van der Waals surface area contributed by atoms with Gasteiger partial charge in [0, 0.05) is 25.1 Å². The summed E-state index contributed by atoms with van der Waals surface area (Å²) in [5.41, 5.74) is 6.28. The van der Waals surface area contributed by atoms with Crippen molar-refractivity contribution in [3.8, 4) is 0 Å². The Bertz CT molecular complexity index is 414. The summed E-state index contributed by atoms with van der Waals surface area (Å²) in [7, 11) is 0. The maximum Gasteiger partial charge on any atom is 0.217 e. The molecule has 4 heteroatoms. The molecular formula is C13H17N3O. The topological polar surface area (TPSA) is 58.7 Å². The highest BCUT2D eigenvalue weighted by Gasteiger charge is 2.17. The molecule has 0 bridgehead atoms. The Kier molecular flexibility index (Phi) is 3.75. The molecule has 1 aliphatic heterocycles. The van der Waals surface area contributed by atoms with E-state index < -0.39 is 0 Å². The zero-order valence-corrected chi connectivity index (χ0v) is 9.80. The molecule has 2 N–H and O–H groups in total. The van der Waals surface area contributed by atoms with Crippen LogP contribution in [0.25, 0.3) is 0 Å². The molecule has 1 amide bonds. The lowest BCUT2D eigenvalue weighted by molar-refractivity contribution is -0.118. The van der Waals surface area contributed by atoms with Crippen LogP contribution in [-0.4, -0.2) is 36.3 Å². The second kappa shape index (κ2) is 5.48. The molecule has 2 rings (SSSR count). The quantitative estimate of drug-likeness (QED) is 0.822. The van der Waals surface area contributed by atoms with E-state index in [0.29, 0.717) is 6.42 Å². The van der Waals surface area contributed by atoms with E-state index in [1.54, 1.807) is 0 Å². The number of carbonyl (C=O) groups excluding carboxylic acids is 1. The Morgan fingerprint density at radius 2 is 2.12 bits per heavy atom. The average Bonchev–Trinajstić information content (AvgIpc) is 2.78. The standard InChI is InChI=1S/C13H17N3O/c14-12(17)7-4-9-16-10-8-15-13(16)11-5-2-1-3-6-11/h1-3,5-6H,4,7-10H2,(H2,14,17). The molecule has 0 spiro atoms. The van der Waals surface area contributed by atoms with Crippen LogP contribution in [0.15, 0.2) is 35.3 Å². The number of nitrogens with two attached hydrogens (primary N) is 1. The van der Waals surface area contributed by atoms with Gasteiger partial charge in [0.25, 0.3) is 0 Å². The van der Waals surface area contributed by atoms with Gasteiger partial charge in [0.15, 0.2) is 0 Å². The maximum atomic E-state index is 10.7. The Labute approximate surface area is 101 Å². The molecule has 0 fully saturated rings. The zero-order valence-electron chi connectivity index (χ0n) is 9.80. The van der Waals surface area contributed by atoms with Gasteiger partial charge < -0.3 is 10.6 Å². The van der Waals surface area contributed by atoms with Crippen LogP contribution in [0.1, 0.15) is 18.4 Å². The van der Waals surface area contributed by atoms with Gasteiger partial charge in [-0.05, 0) is 6.42 Å². The fourth-order valence-electron chi connectivity index (χ4n) is 2.01. The van der Waals surface area contributed by atoms with E-state index in [1.165, 1.54) is 0 Å². The fraction of sp³-hybridized carbons (Fsp3) is 0.385. The number of benzene rings is 1. The molecule has 1 heterocycles. The first-order valence-corrected chi connectivity index (χ1v) is 5.90. The third-order valence-electron chi connectivity index (χ3n) is 2.81. The molecule has 1 aromatic carbocycles. The van der Waals surface area contributed by atoms with E-state index in [-0.39, 0.29) is 5.91 Å². The molecule has 0 saturated carbocycles. The Hall–Kier alpha value is -1.84. The minimum atomic E-state index is -0.234. The number of primary amides is 1. The van der Waals surface area contributed by atoms with Crippen molar-refractivity contribution in [1.29, 1.82) is 0 Å². The summed E-state index contributed by atoms with van der Waals surface area (Å²) < 4.78 is 0. The predicted molar refractivity (Wildman–Crippen MR) is 67.8 cm³/mol. The highest BCUT2D eigenvalue weighted by atomic mass is 16.1. The van der Waals surface area contributed by atoms with Gasteiger partial charge in [0.05, 0.1) is 6.54 Å². The van der Waals surface area contributed by atoms with Crippen molar-refractivity contribution in [3.05, 3.63) is 35.9 Å². The average molecular weight is 231 g/mol. The molecule has 1 aliphatic rings. The zero-order chi connectivity index (χ0) is 12.1. The first kappa shape index (κ1) is 11.6. The molecule has 0 saturated heterocycles. The molecular weight excluding hydrogens is 214 g/mol. The van der Waals surface area contributed by atoms with Gasteiger partial charge in [-0.1, -0.05) is 30.3 Å². The van der Waals surface area contributed by atoms with Gasteiger partial charge in [-0.2, -0.15) is 0 Å². The van der Waals surface area contributed by atoms with Crippen LogP contribution in [0.3, 0.4) is 0 Å². The van der Waals surface area contributed by atoms with Crippen molar-refractivity contribution >= 4 is 11.7 Å². The minimum Gasteiger partial charge on any atom is -0.370 e. The fourth-order valence-corrected chi connectivity index (χ4v) is 2.01. The van der Waals surface area contributed by atoms with Crippen LogP contribution in [0.5, 0.6) is 0 Å². The van der Waals surface area contributed by atoms with Crippen LogP contribution in [0.2, 0.25) is 0 Å². The number of hydrogen-bond acceptors (Lipinski definition) is 3. The lowest BCUT2D eigenvalue weighted by Crippen LogP contribution is -2.30. The van der Waals surface area contributed by atoms with Gasteiger partial charge in [-0.25, -0.2) is 0 Å². The highest BCUT2D eigenvalue weighted by molar-refractivity contribution is 5.99. The lowest BCUT2D eigenvalue weighted by Gasteiger charge is -2.20. The highest BCUT2D eigenvalue weighted by Crippen LogP contribution is 2.11. The second-order valence-electron chi connectivity index (χ2n) is 4.13.